The average molecular weight is 225 g/mol. The molecule has 1 rings (SSSR count). The molecule has 5 heteroatoms. The van der Waals surface area contributed by atoms with Crippen molar-refractivity contribution in [2.45, 2.75) is 0 Å². The van der Waals surface area contributed by atoms with E-state index in [1.807, 2.05) is 0 Å². The van der Waals surface area contributed by atoms with E-state index >= 15 is 0 Å². The lowest BCUT2D eigenvalue weighted by Crippen LogP contribution is -2.28. The Balaban J connectivity index is 2.69. The van der Waals surface area contributed by atoms with Gasteiger partial charge in [0, 0.05) is 12.1 Å². The summed E-state index contributed by atoms with van der Waals surface area (Å²) in [5.41, 5.74) is 0.333. The zero-order chi connectivity index (χ0) is 12.1. The second-order valence-electron chi connectivity index (χ2n) is 3.59. The van der Waals surface area contributed by atoms with E-state index in [0.717, 1.165) is 0 Å². The number of aromatic hydroxyl groups is 2. The maximum atomic E-state index is 11.7. The Morgan fingerprint density at radius 1 is 1.31 bits per heavy atom. The van der Waals surface area contributed by atoms with E-state index < -0.39 is 0 Å². The van der Waals surface area contributed by atoms with E-state index in [9.17, 15) is 9.90 Å². The quantitative estimate of drug-likeness (QED) is 0.493. The molecular weight excluding hydrogens is 210 g/mol. The van der Waals surface area contributed by atoms with Gasteiger partial charge in [-0.15, -0.1) is 0 Å². The van der Waals surface area contributed by atoms with Crippen molar-refractivity contribution >= 4 is 5.78 Å². The summed E-state index contributed by atoms with van der Waals surface area (Å²) in [5.74, 6) is -0.734. The Labute approximate surface area is 93.6 Å². The van der Waals surface area contributed by atoms with Crippen molar-refractivity contribution in [3.05, 3.63) is 23.8 Å². The van der Waals surface area contributed by atoms with Crippen LogP contribution in [-0.4, -0.2) is 52.7 Å². The molecule has 0 saturated heterocycles. The predicted molar refractivity (Wildman–Crippen MR) is 58.7 cm³/mol. The number of carbonyl (C=O) groups is 1. The van der Waals surface area contributed by atoms with Gasteiger partial charge in [0.1, 0.15) is 0 Å². The van der Waals surface area contributed by atoms with Gasteiger partial charge in [-0.1, -0.05) is 0 Å². The number of benzene rings is 1. The van der Waals surface area contributed by atoms with E-state index in [4.69, 9.17) is 10.2 Å². The molecule has 0 spiro atoms. The fourth-order valence-corrected chi connectivity index (χ4v) is 1.28. The van der Waals surface area contributed by atoms with Crippen LogP contribution in [0.5, 0.6) is 11.5 Å². The van der Waals surface area contributed by atoms with Crippen molar-refractivity contribution in [3.63, 3.8) is 0 Å². The molecule has 3 N–H and O–H groups in total. The van der Waals surface area contributed by atoms with Crippen molar-refractivity contribution in [3.8, 4) is 11.5 Å². The van der Waals surface area contributed by atoms with Crippen molar-refractivity contribution in [2.75, 3.05) is 26.7 Å². The predicted octanol–water partition coefficient (Wildman–Crippen LogP) is 0.205. The number of hydrogen-bond acceptors (Lipinski definition) is 5. The van der Waals surface area contributed by atoms with Crippen LogP contribution in [0.1, 0.15) is 10.4 Å². The molecule has 16 heavy (non-hydrogen) atoms. The maximum Gasteiger partial charge on any atom is 0.176 e. The molecule has 0 atom stereocenters. The summed E-state index contributed by atoms with van der Waals surface area (Å²) >= 11 is 0. The smallest absolute Gasteiger partial charge is 0.176 e. The monoisotopic (exact) mass is 225 g/mol. The first-order chi connectivity index (χ1) is 7.54. The van der Waals surface area contributed by atoms with Crippen LogP contribution in [0.3, 0.4) is 0 Å². The van der Waals surface area contributed by atoms with Crippen LogP contribution in [0.4, 0.5) is 0 Å². The minimum absolute atomic E-state index is 0.00932. The topological polar surface area (TPSA) is 81.0 Å². The van der Waals surface area contributed by atoms with E-state index in [1.165, 1.54) is 18.2 Å². The van der Waals surface area contributed by atoms with Crippen LogP contribution < -0.4 is 0 Å². The van der Waals surface area contributed by atoms with Crippen LogP contribution >= 0.6 is 0 Å². The molecule has 88 valence electrons. The Hall–Kier alpha value is -1.59. The molecule has 0 aliphatic heterocycles. The molecule has 0 saturated carbocycles. The normalized spacial score (nSPS) is 10.7. The molecule has 0 amide bonds. The largest absolute Gasteiger partial charge is 0.504 e. The summed E-state index contributed by atoms with van der Waals surface area (Å²) in [6, 6.07) is 3.95. The molecule has 0 bridgehead atoms. The molecule has 0 unspecified atom stereocenters. The van der Waals surface area contributed by atoms with E-state index in [1.54, 1.807) is 11.9 Å². The van der Waals surface area contributed by atoms with Gasteiger partial charge in [0.15, 0.2) is 17.3 Å². The van der Waals surface area contributed by atoms with E-state index in [-0.39, 0.29) is 30.4 Å². The standard InChI is InChI=1S/C11H15NO4/c1-12(4-5-13)7-11(16)8-2-3-9(14)10(15)6-8/h2-3,6,13-15H,4-5,7H2,1H3. The summed E-state index contributed by atoms with van der Waals surface area (Å²) in [6.45, 7) is 0.561. The van der Waals surface area contributed by atoms with Gasteiger partial charge < -0.3 is 15.3 Å². The zero-order valence-electron chi connectivity index (χ0n) is 9.05. The van der Waals surface area contributed by atoms with Crippen molar-refractivity contribution in [2.24, 2.45) is 0 Å². The van der Waals surface area contributed by atoms with E-state index in [0.29, 0.717) is 12.1 Å². The maximum absolute atomic E-state index is 11.7. The van der Waals surface area contributed by atoms with Gasteiger partial charge in [0.25, 0.3) is 0 Å². The molecule has 0 heterocycles. The van der Waals surface area contributed by atoms with Crippen LogP contribution in [0, 0.1) is 0 Å². The highest BCUT2D eigenvalue weighted by molar-refractivity contribution is 5.98. The number of Topliss-reactive ketones (excluding diaryl/α,β-unsaturated/α-hetero) is 1. The van der Waals surface area contributed by atoms with Crippen molar-refractivity contribution in [1.29, 1.82) is 0 Å². The highest BCUT2D eigenvalue weighted by atomic mass is 16.3. The van der Waals surface area contributed by atoms with Crippen LogP contribution in [-0.2, 0) is 0 Å². The zero-order valence-corrected chi connectivity index (χ0v) is 9.05. The lowest BCUT2D eigenvalue weighted by molar-refractivity contribution is 0.0935. The number of phenols is 2. The van der Waals surface area contributed by atoms with Gasteiger partial charge in [-0.3, -0.25) is 9.69 Å². The third-order valence-corrected chi connectivity index (χ3v) is 2.19. The Morgan fingerprint density at radius 3 is 2.56 bits per heavy atom. The van der Waals surface area contributed by atoms with Gasteiger partial charge >= 0.3 is 0 Å². The molecule has 1 aromatic rings. The Bertz CT molecular complexity index is 378. The summed E-state index contributed by atoms with van der Waals surface area (Å²) in [4.78, 5) is 13.4. The highest BCUT2D eigenvalue weighted by Crippen LogP contribution is 2.24. The lowest BCUT2D eigenvalue weighted by atomic mass is 10.1. The first-order valence-corrected chi connectivity index (χ1v) is 4.89. The summed E-state index contributed by atoms with van der Waals surface area (Å²) in [5, 5.41) is 27.0. The van der Waals surface area contributed by atoms with Crippen molar-refractivity contribution in [1.82, 2.24) is 4.90 Å². The first-order valence-electron chi connectivity index (χ1n) is 4.89. The second kappa shape index (κ2) is 5.48. The van der Waals surface area contributed by atoms with Crippen LogP contribution in [0.15, 0.2) is 18.2 Å². The number of aliphatic hydroxyl groups is 1. The van der Waals surface area contributed by atoms with Gasteiger partial charge in [0.2, 0.25) is 0 Å². The second-order valence-corrected chi connectivity index (χ2v) is 3.59. The summed E-state index contributed by atoms with van der Waals surface area (Å²) in [6.07, 6.45) is 0. The number of likely N-dealkylation sites (N-methyl/N-ethyl adjacent to an activating group) is 1. The molecule has 0 fully saturated rings. The van der Waals surface area contributed by atoms with Gasteiger partial charge in [0.05, 0.1) is 13.2 Å². The van der Waals surface area contributed by atoms with Gasteiger partial charge in [-0.2, -0.15) is 0 Å². The van der Waals surface area contributed by atoms with Crippen LogP contribution in [0.25, 0.3) is 0 Å². The first kappa shape index (κ1) is 12.5. The minimum Gasteiger partial charge on any atom is -0.504 e. The van der Waals surface area contributed by atoms with Crippen LogP contribution in [0.2, 0.25) is 0 Å². The number of nitrogens with zero attached hydrogens (tertiary/aromatic N) is 1. The molecule has 1 aromatic carbocycles. The van der Waals surface area contributed by atoms with E-state index in [2.05, 4.69) is 0 Å². The van der Waals surface area contributed by atoms with Crippen molar-refractivity contribution < 1.29 is 20.1 Å². The minimum atomic E-state index is -0.310. The lowest BCUT2D eigenvalue weighted by Gasteiger charge is -2.13. The number of phenolic OH excluding ortho intramolecular Hbond substituents is 2. The third-order valence-electron chi connectivity index (χ3n) is 2.19. The highest BCUT2D eigenvalue weighted by Gasteiger charge is 2.11. The molecule has 0 aromatic heterocycles. The summed E-state index contributed by atoms with van der Waals surface area (Å²) < 4.78 is 0. The molecule has 0 aliphatic carbocycles. The molecule has 5 nitrogen and oxygen atoms in total. The SMILES string of the molecule is CN(CCO)CC(=O)c1ccc(O)c(O)c1. The number of ketones is 1. The summed E-state index contributed by atoms with van der Waals surface area (Å²) in [7, 11) is 1.72. The fourth-order valence-electron chi connectivity index (χ4n) is 1.28. The number of rotatable bonds is 5. The molecule has 0 aliphatic rings. The third kappa shape index (κ3) is 3.22. The Morgan fingerprint density at radius 2 is 2.00 bits per heavy atom. The number of aliphatic hydroxyl groups excluding tert-OH is 1. The number of hydrogen-bond donors (Lipinski definition) is 3. The Kier molecular flexibility index (Phi) is 4.28. The fraction of sp³-hybridized carbons (Fsp3) is 0.364. The average Bonchev–Trinajstić information content (AvgIpc) is 2.22. The molecule has 0 radical (unpaired) electrons. The number of carbonyl (C=O) groups excluding carboxylic acids is 1. The van der Waals surface area contributed by atoms with Gasteiger partial charge in [-0.05, 0) is 25.2 Å². The molecular formula is C11H15NO4. The van der Waals surface area contributed by atoms with Gasteiger partial charge in [-0.25, -0.2) is 0 Å².